The average Bonchev–Trinajstić information content (AvgIpc) is 3.24. The second-order valence-electron chi connectivity index (χ2n) is 5.06. The normalized spacial score (nSPS) is 17.9. The highest BCUT2D eigenvalue weighted by atomic mass is 16.5. The summed E-state index contributed by atoms with van der Waals surface area (Å²) in [4.78, 5) is 11.8. The summed E-state index contributed by atoms with van der Waals surface area (Å²) in [5, 5.41) is 13.9. The van der Waals surface area contributed by atoms with Gasteiger partial charge in [0.25, 0.3) is 0 Å². The Balaban J connectivity index is 1.57. The number of nitrogens with zero attached hydrogens (tertiary/aromatic N) is 4. The Morgan fingerprint density at radius 2 is 2.45 bits per heavy atom. The first-order valence-corrected chi connectivity index (χ1v) is 7.22. The van der Waals surface area contributed by atoms with Crippen molar-refractivity contribution in [3.05, 3.63) is 42.2 Å². The van der Waals surface area contributed by atoms with Gasteiger partial charge in [-0.25, -0.2) is 4.68 Å². The molecule has 7 heteroatoms. The Morgan fingerprint density at radius 3 is 3.23 bits per heavy atom. The SMILES string of the molecule is O=C(/C=C/c1cccc(-n2cnnn2)c1)NCC1CCCO1. The van der Waals surface area contributed by atoms with Gasteiger partial charge < -0.3 is 10.1 Å². The lowest BCUT2D eigenvalue weighted by atomic mass is 10.2. The lowest BCUT2D eigenvalue weighted by molar-refractivity contribution is -0.116. The lowest BCUT2D eigenvalue weighted by Crippen LogP contribution is -2.30. The van der Waals surface area contributed by atoms with E-state index >= 15 is 0 Å². The van der Waals surface area contributed by atoms with Crippen molar-refractivity contribution >= 4 is 12.0 Å². The van der Waals surface area contributed by atoms with Gasteiger partial charge >= 0.3 is 0 Å². The van der Waals surface area contributed by atoms with Crippen molar-refractivity contribution < 1.29 is 9.53 Å². The average molecular weight is 299 g/mol. The van der Waals surface area contributed by atoms with Crippen LogP contribution >= 0.6 is 0 Å². The summed E-state index contributed by atoms with van der Waals surface area (Å²) in [7, 11) is 0. The molecule has 7 nitrogen and oxygen atoms in total. The Hall–Kier alpha value is -2.54. The zero-order valence-corrected chi connectivity index (χ0v) is 12.1. The summed E-state index contributed by atoms with van der Waals surface area (Å²) in [5.41, 5.74) is 1.74. The molecule has 0 bridgehead atoms. The molecule has 1 aliphatic heterocycles. The Kier molecular flexibility index (Phi) is 4.55. The van der Waals surface area contributed by atoms with E-state index in [0.29, 0.717) is 6.54 Å². The van der Waals surface area contributed by atoms with Crippen LogP contribution in [0.25, 0.3) is 11.8 Å². The molecular weight excluding hydrogens is 282 g/mol. The van der Waals surface area contributed by atoms with Crippen molar-refractivity contribution in [3.8, 4) is 5.69 Å². The predicted octanol–water partition coefficient (Wildman–Crippen LogP) is 0.971. The maximum absolute atomic E-state index is 11.8. The highest BCUT2D eigenvalue weighted by Gasteiger charge is 2.15. The second kappa shape index (κ2) is 6.95. The van der Waals surface area contributed by atoms with E-state index in [0.717, 1.165) is 30.7 Å². The minimum absolute atomic E-state index is 0.122. The summed E-state index contributed by atoms with van der Waals surface area (Å²) < 4.78 is 7.03. The fraction of sp³-hybridized carbons (Fsp3) is 0.333. The van der Waals surface area contributed by atoms with Crippen LogP contribution in [0.5, 0.6) is 0 Å². The number of carbonyl (C=O) groups excluding carboxylic acids is 1. The van der Waals surface area contributed by atoms with Gasteiger partial charge in [-0.15, -0.1) is 5.10 Å². The Labute approximate surface area is 128 Å². The monoisotopic (exact) mass is 299 g/mol. The number of amides is 1. The van der Waals surface area contributed by atoms with Crippen molar-refractivity contribution in [2.45, 2.75) is 18.9 Å². The second-order valence-corrected chi connectivity index (χ2v) is 5.06. The van der Waals surface area contributed by atoms with Crippen LogP contribution in [0.3, 0.4) is 0 Å². The summed E-state index contributed by atoms with van der Waals surface area (Å²) >= 11 is 0. The van der Waals surface area contributed by atoms with Crippen LogP contribution in [0.2, 0.25) is 0 Å². The standard InChI is InChI=1S/C15H17N5O2/c21-15(16-10-14-5-2-8-22-14)7-6-12-3-1-4-13(9-12)20-11-17-18-19-20/h1,3-4,6-7,9,11,14H,2,5,8,10H2,(H,16,21)/b7-6+. The van der Waals surface area contributed by atoms with Gasteiger partial charge in [0, 0.05) is 19.2 Å². The highest BCUT2D eigenvalue weighted by Crippen LogP contribution is 2.11. The fourth-order valence-electron chi connectivity index (χ4n) is 2.30. The van der Waals surface area contributed by atoms with E-state index in [1.807, 2.05) is 24.3 Å². The number of nitrogens with one attached hydrogen (secondary N) is 1. The lowest BCUT2D eigenvalue weighted by Gasteiger charge is -2.08. The molecule has 114 valence electrons. The topological polar surface area (TPSA) is 81.9 Å². The quantitative estimate of drug-likeness (QED) is 0.832. The predicted molar refractivity (Wildman–Crippen MR) is 80.2 cm³/mol. The van der Waals surface area contributed by atoms with Crippen LogP contribution in [-0.2, 0) is 9.53 Å². The highest BCUT2D eigenvalue weighted by molar-refractivity contribution is 5.91. The third-order valence-electron chi connectivity index (χ3n) is 3.44. The van der Waals surface area contributed by atoms with Gasteiger partial charge in [0.2, 0.25) is 5.91 Å². The van der Waals surface area contributed by atoms with Gasteiger partial charge in [-0.1, -0.05) is 12.1 Å². The molecule has 2 heterocycles. The fourth-order valence-corrected chi connectivity index (χ4v) is 2.30. The largest absolute Gasteiger partial charge is 0.376 e. The molecule has 22 heavy (non-hydrogen) atoms. The Morgan fingerprint density at radius 1 is 1.50 bits per heavy atom. The molecule has 1 amide bonds. The maximum Gasteiger partial charge on any atom is 0.244 e. The van der Waals surface area contributed by atoms with E-state index in [1.165, 1.54) is 12.4 Å². The van der Waals surface area contributed by atoms with Crippen LogP contribution in [0.1, 0.15) is 18.4 Å². The summed E-state index contributed by atoms with van der Waals surface area (Å²) in [5.74, 6) is -0.122. The van der Waals surface area contributed by atoms with Gasteiger partial charge in [-0.2, -0.15) is 0 Å². The van der Waals surface area contributed by atoms with Gasteiger partial charge in [-0.3, -0.25) is 4.79 Å². The number of ether oxygens (including phenoxy) is 1. The zero-order valence-electron chi connectivity index (χ0n) is 12.1. The van der Waals surface area contributed by atoms with Crippen LogP contribution < -0.4 is 5.32 Å². The summed E-state index contributed by atoms with van der Waals surface area (Å²) in [6.07, 6.45) is 7.04. The number of rotatable bonds is 5. The first kappa shape index (κ1) is 14.4. The van der Waals surface area contributed by atoms with Crippen molar-refractivity contribution in [2.75, 3.05) is 13.2 Å². The smallest absolute Gasteiger partial charge is 0.244 e. The molecule has 0 aliphatic carbocycles. The molecule has 0 spiro atoms. The van der Waals surface area contributed by atoms with Crippen LogP contribution in [-0.4, -0.2) is 45.4 Å². The van der Waals surface area contributed by atoms with E-state index in [-0.39, 0.29) is 12.0 Å². The molecule has 0 saturated carbocycles. The molecule has 2 aromatic rings. The molecule has 1 aromatic heterocycles. The van der Waals surface area contributed by atoms with E-state index in [2.05, 4.69) is 20.8 Å². The molecule has 1 aromatic carbocycles. The van der Waals surface area contributed by atoms with Gasteiger partial charge in [0.15, 0.2) is 0 Å². The third kappa shape index (κ3) is 3.76. The molecular formula is C15H17N5O2. The molecule has 1 saturated heterocycles. The molecule has 1 N–H and O–H groups in total. The molecule has 1 atom stereocenters. The van der Waals surface area contributed by atoms with Crippen LogP contribution in [0, 0.1) is 0 Å². The number of carbonyl (C=O) groups is 1. The van der Waals surface area contributed by atoms with Crippen molar-refractivity contribution in [1.29, 1.82) is 0 Å². The molecule has 3 rings (SSSR count). The number of aromatic nitrogens is 4. The number of tetrazole rings is 1. The van der Waals surface area contributed by atoms with Gasteiger partial charge in [0.05, 0.1) is 11.8 Å². The number of benzene rings is 1. The van der Waals surface area contributed by atoms with Crippen LogP contribution in [0.4, 0.5) is 0 Å². The molecule has 1 aliphatic rings. The molecule has 1 unspecified atom stereocenters. The minimum atomic E-state index is -0.122. The zero-order chi connectivity index (χ0) is 15.2. The van der Waals surface area contributed by atoms with Crippen molar-refractivity contribution in [2.24, 2.45) is 0 Å². The maximum atomic E-state index is 11.8. The summed E-state index contributed by atoms with van der Waals surface area (Å²) in [6, 6.07) is 7.60. The van der Waals surface area contributed by atoms with E-state index in [1.54, 1.807) is 10.8 Å². The minimum Gasteiger partial charge on any atom is -0.376 e. The first-order chi connectivity index (χ1) is 10.8. The first-order valence-electron chi connectivity index (χ1n) is 7.22. The third-order valence-corrected chi connectivity index (χ3v) is 3.44. The van der Waals surface area contributed by atoms with Crippen LogP contribution in [0.15, 0.2) is 36.7 Å². The van der Waals surface area contributed by atoms with Crippen molar-refractivity contribution in [1.82, 2.24) is 25.5 Å². The van der Waals surface area contributed by atoms with Gasteiger partial charge in [-0.05, 0) is 47.0 Å². The van der Waals surface area contributed by atoms with Crippen molar-refractivity contribution in [3.63, 3.8) is 0 Å². The Bertz CT molecular complexity index is 648. The van der Waals surface area contributed by atoms with E-state index in [4.69, 9.17) is 4.74 Å². The number of hydrogen-bond acceptors (Lipinski definition) is 5. The molecule has 0 radical (unpaired) electrons. The summed E-state index contributed by atoms with van der Waals surface area (Å²) in [6.45, 7) is 1.36. The van der Waals surface area contributed by atoms with E-state index in [9.17, 15) is 4.79 Å². The van der Waals surface area contributed by atoms with Gasteiger partial charge in [0.1, 0.15) is 6.33 Å². The number of hydrogen-bond donors (Lipinski definition) is 1. The van der Waals surface area contributed by atoms with E-state index < -0.39 is 0 Å². The molecule has 1 fully saturated rings.